The number of carbonyl (C=O) groups excluding carboxylic acids is 1. The van der Waals surface area contributed by atoms with Gasteiger partial charge in [-0.3, -0.25) is 4.79 Å². The molecule has 2 unspecified atom stereocenters. The van der Waals surface area contributed by atoms with Gasteiger partial charge in [0.25, 0.3) is 0 Å². The molecule has 13 heavy (non-hydrogen) atoms. The number of carbonyl (C=O) groups is 1. The highest BCUT2D eigenvalue weighted by atomic mass is 16.5. The van der Waals surface area contributed by atoms with Crippen molar-refractivity contribution in [3.05, 3.63) is 0 Å². The van der Waals surface area contributed by atoms with Gasteiger partial charge in [-0.25, -0.2) is 0 Å². The quantitative estimate of drug-likeness (QED) is 0.668. The van der Waals surface area contributed by atoms with E-state index in [0.29, 0.717) is 17.6 Å². The minimum Gasteiger partial charge on any atom is -0.370 e. The smallest absolute Gasteiger partial charge is 0.162 e. The van der Waals surface area contributed by atoms with Gasteiger partial charge in [0.2, 0.25) is 0 Å². The zero-order chi connectivity index (χ0) is 9.26. The van der Waals surface area contributed by atoms with E-state index in [1.807, 2.05) is 0 Å². The van der Waals surface area contributed by atoms with Crippen LogP contribution < -0.4 is 0 Å². The van der Waals surface area contributed by atoms with Crippen LogP contribution in [0.5, 0.6) is 0 Å². The molecule has 2 nitrogen and oxygen atoms in total. The highest BCUT2D eigenvalue weighted by Crippen LogP contribution is 2.32. The molecule has 0 aromatic heterocycles. The zero-order valence-electron chi connectivity index (χ0n) is 8.29. The van der Waals surface area contributed by atoms with Crippen molar-refractivity contribution < 1.29 is 9.53 Å². The minimum atomic E-state index is -0.0689. The molecule has 74 valence electrons. The Hall–Kier alpha value is -0.370. The normalized spacial score (nSPS) is 34.5. The van der Waals surface area contributed by atoms with Gasteiger partial charge in [-0.2, -0.15) is 0 Å². The molecular weight excluding hydrogens is 164 g/mol. The van der Waals surface area contributed by atoms with Crippen LogP contribution in [0.1, 0.15) is 39.0 Å². The second kappa shape index (κ2) is 3.79. The first-order valence-electron chi connectivity index (χ1n) is 5.41. The van der Waals surface area contributed by atoms with E-state index in [1.165, 1.54) is 19.3 Å². The lowest BCUT2D eigenvalue weighted by molar-refractivity contribution is -0.130. The van der Waals surface area contributed by atoms with Crippen molar-refractivity contribution >= 4 is 5.78 Å². The molecule has 2 fully saturated rings. The Morgan fingerprint density at radius 3 is 2.62 bits per heavy atom. The van der Waals surface area contributed by atoms with Gasteiger partial charge in [-0.15, -0.1) is 0 Å². The summed E-state index contributed by atoms with van der Waals surface area (Å²) in [7, 11) is 0. The van der Waals surface area contributed by atoms with Crippen LogP contribution in [0.4, 0.5) is 0 Å². The van der Waals surface area contributed by atoms with Crippen LogP contribution in [0.15, 0.2) is 0 Å². The topological polar surface area (TPSA) is 26.3 Å². The molecular formula is C11H18O2. The molecule has 1 aliphatic heterocycles. The van der Waals surface area contributed by atoms with Crippen molar-refractivity contribution in [2.24, 2.45) is 11.8 Å². The Morgan fingerprint density at radius 1 is 1.38 bits per heavy atom. The van der Waals surface area contributed by atoms with Gasteiger partial charge < -0.3 is 4.74 Å². The fourth-order valence-electron chi connectivity index (χ4n) is 2.20. The number of hydrogen-bond donors (Lipinski definition) is 0. The summed E-state index contributed by atoms with van der Waals surface area (Å²) in [5.41, 5.74) is 0. The molecule has 0 radical (unpaired) electrons. The molecule has 0 aromatic carbocycles. The number of hydrogen-bond acceptors (Lipinski definition) is 2. The Morgan fingerprint density at radius 2 is 2.15 bits per heavy atom. The van der Waals surface area contributed by atoms with Crippen LogP contribution in [0.3, 0.4) is 0 Å². The van der Waals surface area contributed by atoms with E-state index in [0.717, 1.165) is 19.4 Å². The van der Waals surface area contributed by atoms with Crippen molar-refractivity contribution in [2.45, 2.75) is 45.1 Å². The van der Waals surface area contributed by atoms with Crippen LogP contribution >= 0.6 is 0 Å². The third kappa shape index (κ3) is 1.93. The van der Waals surface area contributed by atoms with E-state index in [4.69, 9.17) is 4.74 Å². The third-order valence-corrected chi connectivity index (χ3v) is 3.42. The SMILES string of the molecule is CC1CCOC1C(=O)CC1CCC1. The third-order valence-electron chi connectivity index (χ3n) is 3.42. The highest BCUT2D eigenvalue weighted by molar-refractivity contribution is 5.83. The van der Waals surface area contributed by atoms with Gasteiger partial charge in [0, 0.05) is 13.0 Å². The summed E-state index contributed by atoms with van der Waals surface area (Å²) in [6.07, 6.45) is 5.59. The first kappa shape index (κ1) is 9.20. The summed E-state index contributed by atoms with van der Waals surface area (Å²) < 4.78 is 5.45. The number of ether oxygens (including phenoxy) is 1. The molecule has 2 heteroatoms. The molecule has 1 aliphatic carbocycles. The Balaban J connectivity index is 1.81. The lowest BCUT2D eigenvalue weighted by Crippen LogP contribution is -2.28. The predicted molar refractivity (Wildman–Crippen MR) is 50.5 cm³/mol. The molecule has 2 atom stereocenters. The maximum atomic E-state index is 11.7. The van der Waals surface area contributed by atoms with Gasteiger partial charge in [0.05, 0.1) is 0 Å². The molecule has 0 bridgehead atoms. The molecule has 0 spiro atoms. The number of rotatable bonds is 3. The highest BCUT2D eigenvalue weighted by Gasteiger charge is 2.32. The summed E-state index contributed by atoms with van der Waals surface area (Å²) in [5.74, 6) is 1.49. The summed E-state index contributed by atoms with van der Waals surface area (Å²) in [6, 6.07) is 0. The Labute approximate surface area is 79.7 Å². The summed E-state index contributed by atoms with van der Waals surface area (Å²) >= 11 is 0. The molecule has 2 rings (SSSR count). The average Bonchev–Trinajstić information content (AvgIpc) is 2.43. The lowest BCUT2D eigenvalue weighted by atomic mass is 9.80. The van der Waals surface area contributed by atoms with E-state index in [2.05, 4.69) is 6.92 Å². The second-order valence-electron chi connectivity index (χ2n) is 4.52. The molecule has 0 aromatic rings. The Bertz CT molecular complexity index is 196. The summed E-state index contributed by atoms with van der Waals surface area (Å²) in [4.78, 5) is 11.7. The minimum absolute atomic E-state index is 0.0689. The molecule has 0 amide bonds. The number of ketones is 1. The Kier molecular flexibility index (Phi) is 2.68. The fourth-order valence-corrected chi connectivity index (χ4v) is 2.20. The van der Waals surface area contributed by atoms with Gasteiger partial charge in [0.1, 0.15) is 6.10 Å². The van der Waals surface area contributed by atoms with E-state index >= 15 is 0 Å². The first-order chi connectivity index (χ1) is 6.27. The monoisotopic (exact) mass is 182 g/mol. The average molecular weight is 182 g/mol. The number of Topliss-reactive ketones (excluding diaryl/α,β-unsaturated/α-hetero) is 1. The van der Waals surface area contributed by atoms with E-state index < -0.39 is 0 Å². The largest absolute Gasteiger partial charge is 0.370 e. The summed E-state index contributed by atoms with van der Waals surface area (Å²) in [5, 5.41) is 0. The van der Waals surface area contributed by atoms with Crippen molar-refractivity contribution in [1.29, 1.82) is 0 Å². The van der Waals surface area contributed by atoms with Crippen molar-refractivity contribution in [2.75, 3.05) is 6.61 Å². The van der Waals surface area contributed by atoms with Crippen LogP contribution in [0.25, 0.3) is 0 Å². The lowest BCUT2D eigenvalue weighted by Gasteiger charge is -2.26. The molecule has 2 aliphatic rings. The second-order valence-corrected chi connectivity index (χ2v) is 4.52. The van der Waals surface area contributed by atoms with Crippen LogP contribution in [0.2, 0.25) is 0 Å². The van der Waals surface area contributed by atoms with Gasteiger partial charge in [-0.1, -0.05) is 26.2 Å². The maximum absolute atomic E-state index is 11.7. The van der Waals surface area contributed by atoms with E-state index in [1.54, 1.807) is 0 Å². The van der Waals surface area contributed by atoms with Crippen molar-refractivity contribution in [3.63, 3.8) is 0 Å². The fraction of sp³-hybridized carbons (Fsp3) is 0.909. The maximum Gasteiger partial charge on any atom is 0.162 e. The van der Waals surface area contributed by atoms with Crippen LogP contribution in [-0.2, 0) is 9.53 Å². The zero-order valence-corrected chi connectivity index (χ0v) is 8.29. The van der Waals surface area contributed by atoms with Crippen molar-refractivity contribution in [3.8, 4) is 0 Å². The molecule has 1 saturated heterocycles. The molecule has 1 heterocycles. The summed E-state index contributed by atoms with van der Waals surface area (Å²) in [6.45, 7) is 2.90. The van der Waals surface area contributed by atoms with E-state index in [-0.39, 0.29) is 6.10 Å². The van der Waals surface area contributed by atoms with Crippen molar-refractivity contribution in [1.82, 2.24) is 0 Å². The molecule has 0 N–H and O–H groups in total. The predicted octanol–water partition coefficient (Wildman–Crippen LogP) is 2.17. The first-order valence-corrected chi connectivity index (χ1v) is 5.41. The van der Waals surface area contributed by atoms with E-state index in [9.17, 15) is 4.79 Å². The van der Waals surface area contributed by atoms with Gasteiger partial charge >= 0.3 is 0 Å². The standard InChI is InChI=1S/C11H18O2/c1-8-5-6-13-11(8)10(12)7-9-3-2-4-9/h8-9,11H,2-7H2,1H3. The van der Waals surface area contributed by atoms with Crippen LogP contribution in [0, 0.1) is 11.8 Å². The molecule has 1 saturated carbocycles. The van der Waals surface area contributed by atoms with Gasteiger partial charge in [0.15, 0.2) is 5.78 Å². The van der Waals surface area contributed by atoms with Gasteiger partial charge in [-0.05, 0) is 18.3 Å². The van der Waals surface area contributed by atoms with Crippen LogP contribution in [-0.4, -0.2) is 18.5 Å².